The fraction of sp³-hybridized carbons (Fsp3) is 0.524. The summed E-state index contributed by atoms with van der Waals surface area (Å²) in [5.74, 6) is 1.48. The van der Waals surface area contributed by atoms with Crippen molar-refractivity contribution in [3.8, 4) is 0 Å². The highest BCUT2D eigenvalue weighted by molar-refractivity contribution is 5.78. The number of benzene rings is 1. The zero-order valence-electron chi connectivity index (χ0n) is 16.4. The van der Waals surface area contributed by atoms with Gasteiger partial charge in [0.25, 0.3) is 0 Å². The maximum atomic E-state index is 13.0. The van der Waals surface area contributed by atoms with E-state index in [2.05, 4.69) is 23.4 Å². The zero-order chi connectivity index (χ0) is 19.4. The number of nitrogens with zero attached hydrogens (tertiary/aromatic N) is 4. The Labute approximate surface area is 160 Å². The minimum atomic E-state index is -0.238. The molecule has 3 rings (SSSR count). The Morgan fingerprint density at radius 2 is 1.93 bits per heavy atom. The molecule has 0 bridgehead atoms. The number of hydrogen-bond donors (Lipinski definition) is 0. The predicted octanol–water partition coefficient (Wildman–Crippen LogP) is 3.44. The van der Waals surface area contributed by atoms with Crippen LogP contribution in [0.3, 0.4) is 0 Å². The van der Waals surface area contributed by atoms with Gasteiger partial charge in [0.1, 0.15) is 11.6 Å². The SMILES string of the molecule is CC(C)n1ccnc1C1CCN(C(=O)CN(C)Cc2ccc(F)cc2)CC1. The first-order valence-electron chi connectivity index (χ1n) is 9.67. The van der Waals surface area contributed by atoms with Crippen molar-refractivity contribution in [2.24, 2.45) is 0 Å². The molecule has 0 N–H and O–H groups in total. The summed E-state index contributed by atoms with van der Waals surface area (Å²) in [6.07, 6.45) is 5.83. The number of halogens is 1. The first-order valence-corrected chi connectivity index (χ1v) is 9.67. The van der Waals surface area contributed by atoms with E-state index in [0.29, 0.717) is 25.0 Å². The second-order valence-electron chi connectivity index (χ2n) is 7.74. The van der Waals surface area contributed by atoms with Crippen LogP contribution in [0, 0.1) is 5.82 Å². The summed E-state index contributed by atoms with van der Waals surface area (Å²) >= 11 is 0. The fourth-order valence-electron chi connectivity index (χ4n) is 3.75. The number of rotatable bonds is 6. The molecule has 1 amide bonds. The van der Waals surface area contributed by atoms with Crippen LogP contribution in [0.4, 0.5) is 4.39 Å². The van der Waals surface area contributed by atoms with Gasteiger partial charge >= 0.3 is 0 Å². The molecule has 1 fully saturated rings. The molecule has 0 saturated carbocycles. The van der Waals surface area contributed by atoms with Crippen molar-refractivity contribution in [3.63, 3.8) is 0 Å². The summed E-state index contributed by atoms with van der Waals surface area (Å²) < 4.78 is 15.2. The van der Waals surface area contributed by atoms with Gasteiger partial charge in [0.2, 0.25) is 5.91 Å². The summed E-state index contributed by atoms with van der Waals surface area (Å²) in [6, 6.07) is 6.84. The monoisotopic (exact) mass is 372 g/mol. The number of imidazole rings is 1. The van der Waals surface area contributed by atoms with Crippen molar-refractivity contribution in [2.45, 2.75) is 45.2 Å². The van der Waals surface area contributed by atoms with Gasteiger partial charge in [0.05, 0.1) is 6.54 Å². The lowest BCUT2D eigenvalue weighted by Gasteiger charge is -2.33. The molecule has 0 aliphatic carbocycles. The van der Waals surface area contributed by atoms with Crippen LogP contribution < -0.4 is 0 Å². The van der Waals surface area contributed by atoms with Gasteiger partial charge in [-0.3, -0.25) is 9.69 Å². The van der Waals surface area contributed by atoms with Crippen LogP contribution in [0.25, 0.3) is 0 Å². The molecule has 1 aromatic carbocycles. The molecule has 0 atom stereocenters. The van der Waals surface area contributed by atoms with E-state index in [4.69, 9.17) is 0 Å². The molecule has 27 heavy (non-hydrogen) atoms. The third kappa shape index (κ3) is 4.95. The van der Waals surface area contributed by atoms with Crippen LogP contribution in [-0.4, -0.2) is 51.9 Å². The van der Waals surface area contributed by atoms with Crippen molar-refractivity contribution in [1.82, 2.24) is 19.4 Å². The molecular formula is C21H29FN4O. The van der Waals surface area contributed by atoms with Crippen molar-refractivity contribution >= 4 is 5.91 Å². The van der Waals surface area contributed by atoms with Crippen molar-refractivity contribution in [3.05, 3.63) is 53.9 Å². The fourth-order valence-corrected chi connectivity index (χ4v) is 3.75. The lowest BCUT2D eigenvalue weighted by atomic mass is 9.95. The minimum Gasteiger partial charge on any atom is -0.342 e. The summed E-state index contributed by atoms with van der Waals surface area (Å²) in [4.78, 5) is 21.1. The molecule has 6 heteroatoms. The molecule has 1 aromatic heterocycles. The first kappa shape index (κ1) is 19.5. The van der Waals surface area contributed by atoms with Gasteiger partial charge in [-0.15, -0.1) is 0 Å². The van der Waals surface area contributed by atoms with E-state index in [1.807, 2.05) is 29.2 Å². The van der Waals surface area contributed by atoms with Crippen molar-refractivity contribution < 1.29 is 9.18 Å². The highest BCUT2D eigenvalue weighted by atomic mass is 19.1. The van der Waals surface area contributed by atoms with E-state index in [9.17, 15) is 9.18 Å². The molecule has 1 saturated heterocycles. The average molecular weight is 372 g/mol. The molecule has 146 valence electrons. The Bertz CT molecular complexity index is 748. The van der Waals surface area contributed by atoms with Gasteiger partial charge in [-0.1, -0.05) is 12.1 Å². The van der Waals surface area contributed by atoms with E-state index >= 15 is 0 Å². The minimum absolute atomic E-state index is 0.158. The Balaban J connectivity index is 1.49. The Morgan fingerprint density at radius 1 is 1.26 bits per heavy atom. The highest BCUT2D eigenvalue weighted by Gasteiger charge is 2.27. The number of amides is 1. The molecule has 0 spiro atoms. The predicted molar refractivity (Wildman–Crippen MR) is 104 cm³/mol. The Hall–Kier alpha value is -2.21. The maximum absolute atomic E-state index is 13.0. The van der Waals surface area contributed by atoms with Crippen LogP contribution in [0.1, 0.15) is 50.0 Å². The summed E-state index contributed by atoms with van der Waals surface area (Å²) in [5, 5.41) is 0. The van der Waals surface area contributed by atoms with E-state index < -0.39 is 0 Å². The van der Waals surface area contributed by atoms with Crippen LogP contribution in [0.15, 0.2) is 36.7 Å². The largest absolute Gasteiger partial charge is 0.342 e. The number of hydrogen-bond acceptors (Lipinski definition) is 3. The quantitative estimate of drug-likeness (QED) is 0.780. The van der Waals surface area contributed by atoms with Crippen molar-refractivity contribution in [2.75, 3.05) is 26.7 Å². The summed E-state index contributed by atoms with van der Waals surface area (Å²) in [7, 11) is 1.92. The zero-order valence-corrected chi connectivity index (χ0v) is 16.4. The average Bonchev–Trinajstić information content (AvgIpc) is 3.14. The van der Waals surface area contributed by atoms with Crippen LogP contribution >= 0.6 is 0 Å². The lowest BCUT2D eigenvalue weighted by Crippen LogP contribution is -2.43. The maximum Gasteiger partial charge on any atom is 0.236 e. The second kappa shape index (κ2) is 8.65. The number of carbonyl (C=O) groups is 1. The number of carbonyl (C=O) groups excluding carboxylic acids is 1. The first-order chi connectivity index (χ1) is 12.9. The van der Waals surface area contributed by atoms with Crippen LogP contribution in [-0.2, 0) is 11.3 Å². The number of aromatic nitrogens is 2. The lowest BCUT2D eigenvalue weighted by molar-refractivity contribution is -0.133. The Morgan fingerprint density at radius 3 is 2.56 bits per heavy atom. The van der Waals surface area contributed by atoms with Gasteiger partial charge < -0.3 is 9.47 Å². The summed E-state index contributed by atoms with van der Waals surface area (Å²) in [6.45, 7) is 6.90. The third-order valence-electron chi connectivity index (χ3n) is 5.24. The molecule has 1 aliphatic rings. The molecule has 2 aromatic rings. The van der Waals surface area contributed by atoms with E-state index in [0.717, 1.165) is 37.3 Å². The smallest absolute Gasteiger partial charge is 0.236 e. The van der Waals surface area contributed by atoms with Gasteiger partial charge in [-0.25, -0.2) is 9.37 Å². The summed E-state index contributed by atoms with van der Waals surface area (Å²) in [5.41, 5.74) is 1.01. The number of likely N-dealkylation sites (N-methyl/N-ethyl adjacent to an activating group) is 1. The topological polar surface area (TPSA) is 41.4 Å². The van der Waals surface area contributed by atoms with E-state index in [1.165, 1.54) is 12.1 Å². The molecule has 2 heterocycles. The molecule has 1 aliphatic heterocycles. The number of piperidine rings is 1. The molecule has 0 unspecified atom stereocenters. The van der Waals surface area contributed by atoms with Gasteiger partial charge in [0.15, 0.2) is 0 Å². The molecule has 0 radical (unpaired) electrons. The molecule has 5 nitrogen and oxygen atoms in total. The van der Waals surface area contributed by atoms with Crippen molar-refractivity contribution in [1.29, 1.82) is 0 Å². The van der Waals surface area contributed by atoms with E-state index in [-0.39, 0.29) is 11.7 Å². The standard InChI is InChI=1S/C21H29FN4O/c1-16(2)26-13-10-23-21(26)18-8-11-25(12-9-18)20(27)15-24(3)14-17-4-6-19(22)7-5-17/h4-7,10,13,16,18H,8-9,11-12,14-15H2,1-3H3. The van der Waals surface area contributed by atoms with Gasteiger partial charge in [-0.2, -0.15) is 0 Å². The normalized spacial score (nSPS) is 15.7. The third-order valence-corrected chi connectivity index (χ3v) is 5.24. The molecular weight excluding hydrogens is 343 g/mol. The van der Waals surface area contributed by atoms with E-state index in [1.54, 1.807) is 12.1 Å². The number of likely N-dealkylation sites (tertiary alicyclic amines) is 1. The van der Waals surface area contributed by atoms with Crippen LogP contribution in [0.2, 0.25) is 0 Å². The van der Waals surface area contributed by atoms with Gasteiger partial charge in [-0.05, 0) is 51.4 Å². The van der Waals surface area contributed by atoms with Crippen LogP contribution in [0.5, 0.6) is 0 Å². The highest BCUT2D eigenvalue weighted by Crippen LogP contribution is 2.28. The van der Waals surface area contributed by atoms with Gasteiger partial charge in [0, 0.05) is 44.0 Å². The second-order valence-corrected chi connectivity index (χ2v) is 7.74. The Kier molecular flexibility index (Phi) is 6.26.